The average Bonchev–Trinajstić information content (AvgIpc) is 3.05. The Kier molecular flexibility index (Phi) is 2.96. The highest BCUT2D eigenvalue weighted by molar-refractivity contribution is 5.77. The SMILES string of the molecule is CCn1nc(C)c2nc(N)n(CCc3cnn(C)c3)c21. The third-order valence-corrected chi connectivity index (χ3v) is 3.51. The van der Waals surface area contributed by atoms with Crippen LogP contribution in [0.4, 0.5) is 5.95 Å². The lowest BCUT2D eigenvalue weighted by molar-refractivity contribution is 0.631. The number of nitrogens with two attached hydrogens (primary N) is 1. The Morgan fingerprint density at radius 3 is 2.80 bits per heavy atom. The summed E-state index contributed by atoms with van der Waals surface area (Å²) < 4.78 is 5.80. The van der Waals surface area contributed by atoms with Crippen LogP contribution in [0, 0.1) is 6.92 Å². The number of fused-ring (bicyclic) bond motifs is 1. The molecule has 3 rings (SSSR count). The fourth-order valence-electron chi connectivity index (χ4n) is 2.52. The Morgan fingerprint density at radius 2 is 2.15 bits per heavy atom. The van der Waals surface area contributed by atoms with Gasteiger partial charge in [0.25, 0.3) is 0 Å². The molecule has 0 aliphatic carbocycles. The second kappa shape index (κ2) is 4.66. The molecule has 0 aliphatic heterocycles. The van der Waals surface area contributed by atoms with E-state index in [1.54, 1.807) is 0 Å². The molecular formula is C13H19N7. The zero-order valence-corrected chi connectivity index (χ0v) is 12.0. The lowest BCUT2D eigenvalue weighted by Gasteiger charge is -2.07. The third kappa shape index (κ3) is 1.95. The van der Waals surface area contributed by atoms with Crippen LogP contribution < -0.4 is 5.73 Å². The monoisotopic (exact) mass is 273 g/mol. The van der Waals surface area contributed by atoms with Gasteiger partial charge in [-0.15, -0.1) is 0 Å². The topological polar surface area (TPSA) is 79.5 Å². The number of nitrogens with zero attached hydrogens (tertiary/aromatic N) is 6. The van der Waals surface area contributed by atoms with Gasteiger partial charge >= 0.3 is 0 Å². The summed E-state index contributed by atoms with van der Waals surface area (Å²) in [5.41, 5.74) is 10.1. The highest BCUT2D eigenvalue weighted by Crippen LogP contribution is 2.21. The fourth-order valence-corrected chi connectivity index (χ4v) is 2.52. The van der Waals surface area contributed by atoms with E-state index >= 15 is 0 Å². The van der Waals surface area contributed by atoms with E-state index in [1.165, 1.54) is 5.56 Å². The molecule has 7 heteroatoms. The Balaban J connectivity index is 1.96. The van der Waals surface area contributed by atoms with E-state index in [0.717, 1.165) is 36.4 Å². The van der Waals surface area contributed by atoms with Gasteiger partial charge in [-0.25, -0.2) is 9.67 Å². The summed E-state index contributed by atoms with van der Waals surface area (Å²) >= 11 is 0. The van der Waals surface area contributed by atoms with Crippen molar-refractivity contribution in [1.29, 1.82) is 0 Å². The highest BCUT2D eigenvalue weighted by Gasteiger charge is 2.16. The number of hydrogen-bond donors (Lipinski definition) is 1. The minimum absolute atomic E-state index is 0.548. The smallest absolute Gasteiger partial charge is 0.202 e. The Labute approximate surface area is 117 Å². The molecule has 106 valence electrons. The molecule has 0 spiro atoms. The van der Waals surface area contributed by atoms with E-state index < -0.39 is 0 Å². The van der Waals surface area contributed by atoms with Gasteiger partial charge in [-0.2, -0.15) is 10.2 Å². The quantitative estimate of drug-likeness (QED) is 0.772. The molecule has 0 aliphatic rings. The van der Waals surface area contributed by atoms with Gasteiger partial charge in [-0.05, 0) is 25.8 Å². The summed E-state index contributed by atoms with van der Waals surface area (Å²) in [6, 6.07) is 0. The molecule has 0 bridgehead atoms. The normalized spacial score (nSPS) is 11.6. The van der Waals surface area contributed by atoms with Crippen LogP contribution in [-0.4, -0.2) is 29.1 Å². The van der Waals surface area contributed by atoms with Crippen molar-refractivity contribution < 1.29 is 0 Å². The van der Waals surface area contributed by atoms with Gasteiger partial charge in [0.15, 0.2) is 5.65 Å². The summed E-state index contributed by atoms with van der Waals surface area (Å²) in [6.45, 7) is 5.62. The summed E-state index contributed by atoms with van der Waals surface area (Å²) in [5.74, 6) is 0.548. The van der Waals surface area contributed by atoms with Crippen LogP contribution in [0.2, 0.25) is 0 Å². The standard InChI is InChI=1S/C13H19N7/c1-4-20-12-11(9(2)17-20)16-13(14)19(12)6-5-10-7-15-18(3)8-10/h7-8H,4-6H2,1-3H3,(H2,14,16). The predicted octanol–water partition coefficient (Wildman–Crippen LogP) is 1.12. The van der Waals surface area contributed by atoms with Crippen LogP contribution in [0.25, 0.3) is 11.2 Å². The molecule has 0 aromatic carbocycles. The molecule has 0 radical (unpaired) electrons. The first-order valence-electron chi connectivity index (χ1n) is 6.76. The first-order valence-corrected chi connectivity index (χ1v) is 6.76. The number of aryl methyl sites for hydroxylation is 5. The second-order valence-electron chi connectivity index (χ2n) is 4.97. The minimum Gasteiger partial charge on any atom is -0.369 e. The van der Waals surface area contributed by atoms with Crippen molar-refractivity contribution in [3.05, 3.63) is 23.7 Å². The highest BCUT2D eigenvalue weighted by atomic mass is 15.4. The first kappa shape index (κ1) is 12.7. The molecule has 20 heavy (non-hydrogen) atoms. The Hall–Kier alpha value is -2.31. The van der Waals surface area contributed by atoms with Crippen molar-refractivity contribution in [3.63, 3.8) is 0 Å². The molecule has 0 unspecified atom stereocenters. The second-order valence-corrected chi connectivity index (χ2v) is 4.97. The van der Waals surface area contributed by atoms with Crippen LogP contribution in [0.5, 0.6) is 0 Å². The summed E-state index contributed by atoms with van der Waals surface area (Å²) in [4.78, 5) is 4.44. The van der Waals surface area contributed by atoms with Crippen molar-refractivity contribution >= 4 is 17.1 Å². The largest absolute Gasteiger partial charge is 0.369 e. The molecule has 7 nitrogen and oxygen atoms in total. The van der Waals surface area contributed by atoms with Crippen LogP contribution in [0.3, 0.4) is 0 Å². The lowest BCUT2D eigenvalue weighted by atomic mass is 10.2. The summed E-state index contributed by atoms with van der Waals surface area (Å²) in [5, 5.41) is 8.67. The molecule has 0 saturated heterocycles. The maximum Gasteiger partial charge on any atom is 0.202 e. The van der Waals surface area contributed by atoms with E-state index in [4.69, 9.17) is 5.73 Å². The number of hydrogen-bond acceptors (Lipinski definition) is 4. The van der Waals surface area contributed by atoms with Gasteiger partial charge in [0.05, 0.1) is 11.9 Å². The van der Waals surface area contributed by atoms with Crippen LogP contribution in [0.1, 0.15) is 18.2 Å². The number of imidazole rings is 1. The molecule has 0 fully saturated rings. The van der Waals surface area contributed by atoms with Gasteiger partial charge in [-0.1, -0.05) is 0 Å². The van der Waals surface area contributed by atoms with Crippen molar-refractivity contribution in [2.45, 2.75) is 33.4 Å². The molecule has 3 heterocycles. The molecule has 3 aromatic rings. The maximum absolute atomic E-state index is 6.05. The van der Waals surface area contributed by atoms with Gasteiger partial charge < -0.3 is 5.73 Å². The van der Waals surface area contributed by atoms with Crippen molar-refractivity contribution in [1.82, 2.24) is 29.1 Å². The van der Waals surface area contributed by atoms with E-state index in [-0.39, 0.29) is 0 Å². The maximum atomic E-state index is 6.05. The van der Waals surface area contributed by atoms with Crippen molar-refractivity contribution in [3.8, 4) is 0 Å². The minimum atomic E-state index is 0.548. The van der Waals surface area contributed by atoms with E-state index in [0.29, 0.717) is 5.95 Å². The lowest BCUT2D eigenvalue weighted by Crippen LogP contribution is -2.09. The molecular weight excluding hydrogens is 254 g/mol. The van der Waals surface area contributed by atoms with E-state index in [2.05, 4.69) is 22.1 Å². The van der Waals surface area contributed by atoms with Crippen molar-refractivity contribution in [2.24, 2.45) is 7.05 Å². The Morgan fingerprint density at radius 1 is 1.35 bits per heavy atom. The molecule has 2 N–H and O–H groups in total. The number of nitrogen functional groups attached to an aromatic ring is 1. The van der Waals surface area contributed by atoms with Crippen LogP contribution in [-0.2, 0) is 26.6 Å². The zero-order chi connectivity index (χ0) is 14.3. The summed E-state index contributed by atoms with van der Waals surface area (Å²) in [6.07, 6.45) is 4.77. The van der Waals surface area contributed by atoms with Gasteiger partial charge in [0, 0.05) is 26.3 Å². The molecule has 0 atom stereocenters. The molecule has 0 amide bonds. The van der Waals surface area contributed by atoms with E-state index in [1.807, 2.05) is 40.3 Å². The first-order chi connectivity index (χ1) is 9.60. The molecule has 3 aromatic heterocycles. The van der Waals surface area contributed by atoms with Crippen LogP contribution >= 0.6 is 0 Å². The number of anilines is 1. The van der Waals surface area contributed by atoms with Crippen LogP contribution in [0.15, 0.2) is 12.4 Å². The fraction of sp³-hybridized carbons (Fsp3) is 0.462. The third-order valence-electron chi connectivity index (χ3n) is 3.51. The number of rotatable bonds is 4. The van der Waals surface area contributed by atoms with Gasteiger partial charge in [-0.3, -0.25) is 9.25 Å². The zero-order valence-electron chi connectivity index (χ0n) is 12.0. The van der Waals surface area contributed by atoms with E-state index in [9.17, 15) is 0 Å². The van der Waals surface area contributed by atoms with Gasteiger partial charge in [0.1, 0.15) is 5.52 Å². The van der Waals surface area contributed by atoms with Crippen molar-refractivity contribution in [2.75, 3.05) is 5.73 Å². The Bertz CT molecular complexity index is 746. The predicted molar refractivity (Wildman–Crippen MR) is 77.3 cm³/mol. The number of aromatic nitrogens is 6. The molecule has 0 saturated carbocycles. The van der Waals surface area contributed by atoms with Gasteiger partial charge in [0.2, 0.25) is 5.95 Å². The summed E-state index contributed by atoms with van der Waals surface area (Å²) in [7, 11) is 1.92. The average molecular weight is 273 g/mol.